The van der Waals surface area contributed by atoms with Gasteiger partial charge in [0.2, 0.25) is 5.91 Å². The number of carbonyl (C=O) groups is 1. The first kappa shape index (κ1) is 14.4. The molecule has 2 atom stereocenters. The molecule has 0 aromatic heterocycles. The fourth-order valence-corrected chi connectivity index (χ4v) is 2.02. The number of carbonyl (C=O) groups excluding carboxylic acids is 1. The van der Waals surface area contributed by atoms with E-state index in [2.05, 4.69) is 22.5 Å². The molecule has 1 amide bonds. The summed E-state index contributed by atoms with van der Waals surface area (Å²) in [5.41, 5.74) is 0. The Bertz CT molecular complexity index is 230. The summed E-state index contributed by atoms with van der Waals surface area (Å²) in [5, 5.41) is 6.33. The molecule has 0 spiro atoms. The Hall–Kier alpha value is -0.650. The average Bonchev–Trinajstić information content (AvgIpc) is 2.38. The van der Waals surface area contributed by atoms with Crippen LogP contribution in [0.3, 0.4) is 0 Å². The molecule has 0 saturated carbocycles. The van der Waals surface area contributed by atoms with Gasteiger partial charge < -0.3 is 15.4 Å². The molecule has 0 aromatic rings. The third kappa shape index (κ3) is 4.61. The summed E-state index contributed by atoms with van der Waals surface area (Å²) < 4.78 is 5.08. The molecule has 0 radical (unpaired) electrons. The van der Waals surface area contributed by atoms with Crippen LogP contribution in [0, 0.1) is 0 Å². The van der Waals surface area contributed by atoms with Gasteiger partial charge in [0.05, 0.1) is 18.7 Å². The number of hydrogen-bond donors (Lipinski definition) is 2. The molecular weight excluding hydrogens is 218 g/mol. The lowest BCUT2D eigenvalue weighted by molar-refractivity contribution is -0.127. The number of methoxy groups -OCH3 is 1. The molecule has 1 aliphatic rings. The zero-order valence-corrected chi connectivity index (χ0v) is 11.2. The highest BCUT2D eigenvalue weighted by Crippen LogP contribution is 2.02. The van der Waals surface area contributed by atoms with Crippen molar-refractivity contribution in [1.82, 2.24) is 15.5 Å². The molecule has 1 fully saturated rings. The Kier molecular flexibility index (Phi) is 6.47. The Labute approximate surface area is 104 Å². The predicted octanol–water partition coefficient (Wildman–Crippen LogP) is -0.179. The Morgan fingerprint density at radius 1 is 1.47 bits per heavy atom. The number of piperazine rings is 1. The van der Waals surface area contributed by atoms with Gasteiger partial charge >= 0.3 is 0 Å². The van der Waals surface area contributed by atoms with E-state index in [9.17, 15) is 4.79 Å². The monoisotopic (exact) mass is 243 g/mol. The molecule has 5 heteroatoms. The van der Waals surface area contributed by atoms with Crippen molar-refractivity contribution >= 4 is 5.91 Å². The second kappa shape index (κ2) is 7.63. The molecule has 100 valence electrons. The van der Waals surface area contributed by atoms with Gasteiger partial charge in [0.15, 0.2) is 0 Å². The van der Waals surface area contributed by atoms with E-state index in [1.165, 1.54) is 0 Å². The molecule has 1 saturated heterocycles. The lowest BCUT2D eigenvalue weighted by atomic mass is 10.2. The number of rotatable bonds is 6. The van der Waals surface area contributed by atoms with E-state index in [1.807, 2.05) is 6.92 Å². The first-order valence-electron chi connectivity index (χ1n) is 6.43. The second-order valence-electron chi connectivity index (χ2n) is 4.53. The highest BCUT2D eigenvalue weighted by molar-refractivity contribution is 5.81. The summed E-state index contributed by atoms with van der Waals surface area (Å²) in [6, 6.07) is 0.0703. The van der Waals surface area contributed by atoms with E-state index in [4.69, 9.17) is 4.74 Å². The third-order valence-corrected chi connectivity index (χ3v) is 3.29. The normalized spacial score (nSPS) is 20.9. The van der Waals surface area contributed by atoms with Crippen LogP contribution in [-0.2, 0) is 9.53 Å². The van der Waals surface area contributed by atoms with Crippen LogP contribution in [0.15, 0.2) is 0 Å². The van der Waals surface area contributed by atoms with E-state index in [-0.39, 0.29) is 18.0 Å². The summed E-state index contributed by atoms with van der Waals surface area (Å²) in [6.07, 6.45) is 0.897. The molecule has 1 rings (SSSR count). The predicted molar refractivity (Wildman–Crippen MR) is 68.0 cm³/mol. The number of ether oxygens (including phenoxy) is 1. The van der Waals surface area contributed by atoms with Crippen molar-refractivity contribution < 1.29 is 9.53 Å². The fraction of sp³-hybridized carbons (Fsp3) is 0.917. The quantitative estimate of drug-likeness (QED) is 0.679. The highest BCUT2D eigenvalue weighted by atomic mass is 16.5. The van der Waals surface area contributed by atoms with Crippen LogP contribution in [0.2, 0.25) is 0 Å². The van der Waals surface area contributed by atoms with Crippen LogP contribution in [0.1, 0.15) is 20.3 Å². The molecule has 1 heterocycles. The largest absolute Gasteiger partial charge is 0.383 e. The van der Waals surface area contributed by atoms with E-state index in [0.717, 1.165) is 32.6 Å². The van der Waals surface area contributed by atoms with Gasteiger partial charge in [-0.2, -0.15) is 0 Å². The van der Waals surface area contributed by atoms with Gasteiger partial charge in [-0.05, 0) is 13.3 Å². The van der Waals surface area contributed by atoms with Crippen LogP contribution < -0.4 is 10.6 Å². The van der Waals surface area contributed by atoms with E-state index < -0.39 is 0 Å². The summed E-state index contributed by atoms with van der Waals surface area (Å²) in [4.78, 5) is 14.3. The molecule has 0 aromatic carbocycles. The van der Waals surface area contributed by atoms with Crippen LogP contribution in [-0.4, -0.2) is 62.8 Å². The van der Waals surface area contributed by atoms with Gasteiger partial charge in [-0.3, -0.25) is 9.69 Å². The van der Waals surface area contributed by atoms with Crippen molar-refractivity contribution in [3.8, 4) is 0 Å². The van der Waals surface area contributed by atoms with Gasteiger partial charge in [0.1, 0.15) is 0 Å². The molecule has 0 bridgehead atoms. The van der Waals surface area contributed by atoms with Crippen molar-refractivity contribution in [2.75, 3.05) is 39.9 Å². The molecular formula is C12H25N3O2. The zero-order chi connectivity index (χ0) is 12.7. The van der Waals surface area contributed by atoms with E-state index in [0.29, 0.717) is 6.61 Å². The molecule has 5 nitrogen and oxygen atoms in total. The molecule has 2 unspecified atom stereocenters. The first-order chi connectivity index (χ1) is 8.19. The van der Waals surface area contributed by atoms with Gasteiger partial charge in [-0.15, -0.1) is 0 Å². The number of hydrogen-bond acceptors (Lipinski definition) is 4. The van der Waals surface area contributed by atoms with E-state index in [1.54, 1.807) is 7.11 Å². The smallest absolute Gasteiger partial charge is 0.237 e. The minimum Gasteiger partial charge on any atom is -0.383 e. The van der Waals surface area contributed by atoms with Gasteiger partial charge in [0.25, 0.3) is 0 Å². The third-order valence-electron chi connectivity index (χ3n) is 3.29. The molecule has 2 N–H and O–H groups in total. The van der Waals surface area contributed by atoms with Crippen LogP contribution in [0.5, 0.6) is 0 Å². The summed E-state index contributed by atoms with van der Waals surface area (Å²) >= 11 is 0. The number of amides is 1. The number of nitrogens with one attached hydrogen (secondary N) is 2. The molecule has 17 heavy (non-hydrogen) atoms. The maximum Gasteiger partial charge on any atom is 0.237 e. The molecule has 1 aliphatic heterocycles. The minimum atomic E-state index is -0.0528. The Balaban J connectivity index is 2.39. The topological polar surface area (TPSA) is 53.6 Å². The average molecular weight is 243 g/mol. The van der Waals surface area contributed by atoms with Crippen molar-refractivity contribution in [3.63, 3.8) is 0 Å². The lowest BCUT2D eigenvalue weighted by Gasteiger charge is -2.32. The van der Waals surface area contributed by atoms with Gasteiger partial charge in [-0.25, -0.2) is 0 Å². The van der Waals surface area contributed by atoms with Crippen molar-refractivity contribution in [3.05, 3.63) is 0 Å². The Morgan fingerprint density at radius 3 is 2.65 bits per heavy atom. The van der Waals surface area contributed by atoms with Crippen LogP contribution in [0.4, 0.5) is 0 Å². The van der Waals surface area contributed by atoms with Gasteiger partial charge in [-0.1, -0.05) is 6.92 Å². The SMILES string of the molecule is CCC(COC)NC(=O)C(C)N1CCNCC1. The van der Waals surface area contributed by atoms with Crippen molar-refractivity contribution in [2.24, 2.45) is 0 Å². The van der Waals surface area contributed by atoms with E-state index >= 15 is 0 Å². The maximum absolute atomic E-state index is 12.1. The summed E-state index contributed by atoms with van der Waals surface area (Å²) in [5.74, 6) is 0.107. The summed E-state index contributed by atoms with van der Waals surface area (Å²) in [7, 11) is 1.66. The highest BCUT2D eigenvalue weighted by Gasteiger charge is 2.23. The van der Waals surface area contributed by atoms with Crippen LogP contribution in [0.25, 0.3) is 0 Å². The fourth-order valence-electron chi connectivity index (χ4n) is 2.02. The van der Waals surface area contributed by atoms with Gasteiger partial charge in [0, 0.05) is 33.3 Å². The molecule has 0 aliphatic carbocycles. The maximum atomic E-state index is 12.1. The lowest BCUT2D eigenvalue weighted by Crippen LogP contribution is -2.54. The first-order valence-corrected chi connectivity index (χ1v) is 6.43. The number of nitrogens with zero attached hydrogens (tertiary/aromatic N) is 1. The summed E-state index contributed by atoms with van der Waals surface area (Å²) in [6.45, 7) is 8.42. The Morgan fingerprint density at radius 2 is 2.12 bits per heavy atom. The minimum absolute atomic E-state index is 0.0528. The zero-order valence-electron chi connectivity index (χ0n) is 11.2. The van der Waals surface area contributed by atoms with Crippen molar-refractivity contribution in [1.29, 1.82) is 0 Å². The van der Waals surface area contributed by atoms with Crippen LogP contribution >= 0.6 is 0 Å². The standard InChI is InChI=1S/C12H25N3O2/c1-4-11(9-17-3)14-12(16)10(2)15-7-5-13-6-8-15/h10-11,13H,4-9H2,1-3H3,(H,14,16). The van der Waals surface area contributed by atoms with Crippen molar-refractivity contribution in [2.45, 2.75) is 32.4 Å². The second-order valence-corrected chi connectivity index (χ2v) is 4.53.